The molecule has 0 radical (unpaired) electrons. The van der Waals surface area contributed by atoms with Gasteiger partial charge < -0.3 is 15.4 Å². The molecule has 0 fully saturated rings. The maximum absolute atomic E-state index is 13.5. The van der Waals surface area contributed by atoms with Gasteiger partial charge in [-0.3, -0.25) is 9.59 Å². The largest absolute Gasteiger partial charge is 0.482 e. The summed E-state index contributed by atoms with van der Waals surface area (Å²) in [5.74, 6) is -2.17. The molecular formula is C15H10F2N2O3. The monoisotopic (exact) mass is 304 g/mol. The summed E-state index contributed by atoms with van der Waals surface area (Å²) in [6, 6.07) is 7.19. The van der Waals surface area contributed by atoms with Crippen LogP contribution in [0.25, 0.3) is 0 Å². The maximum atomic E-state index is 13.5. The summed E-state index contributed by atoms with van der Waals surface area (Å²) in [7, 11) is 0. The Balaban J connectivity index is 1.84. The van der Waals surface area contributed by atoms with Crippen molar-refractivity contribution < 1.29 is 23.1 Å². The van der Waals surface area contributed by atoms with Gasteiger partial charge in [-0.15, -0.1) is 0 Å². The Kier molecular flexibility index (Phi) is 3.46. The second kappa shape index (κ2) is 5.44. The van der Waals surface area contributed by atoms with Crippen LogP contribution < -0.4 is 15.4 Å². The van der Waals surface area contributed by atoms with Crippen LogP contribution in [0.1, 0.15) is 10.4 Å². The normalized spacial score (nSPS) is 12.9. The molecule has 0 aromatic heterocycles. The SMILES string of the molecule is O=C1COc2ccc(NC(=O)c3cc(F)ccc3F)cc2N1. The molecule has 1 heterocycles. The molecule has 0 saturated heterocycles. The lowest BCUT2D eigenvalue weighted by molar-refractivity contribution is -0.118. The van der Waals surface area contributed by atoms with E-state index in [2.05, 4.69) is 10.6 Å². The number of fused-ring (bicyclic) bond motifs is 1. The molecule has 0 bridgehead atoms. The molecule has 3 rings (SSSR count). The summed E-state index contributed by atoms with van der Waals surface area (Å²) in [5.41, 5.74) is 0.310. The average Bonchev–Trinajstić information content (AvgIpc) is 2.49. The number of carbonyl (C=O) groups excluding carboxylic acids is 2. The lowest BCUT2D eigenvalue weighted by Gasteiger charge is -2.18. The molecule has 2 N–H and O–H groups in total. The van der Waals surface area contributed by atoms with E-state index < -0.39 is 23.1 Å². The van der Waals surface area contributed by atoms with Crippen molar-refractivity contribution >= 4 is 23.2 Å². The molecule has 0 atom stereocenters. The molecule has 0 spiro atoms. The van der Waals surface area contributed by atoms with Gasteiger partial charge in [-0.2, -0.15) is 0 Å². The first-order chi connectivity index (χ1) is 10.5. The molecule has 5 nitrogen and oxygen atoms in total. The predicted octanol–water partition coefficient (Wildman–Crippen LogP) is 2.55. The van der Waals surface area contributed by atoms with Crippen molar-refractivity contribution in [2.45, 2.75) is 0 Å². The van der Waals surface area contributed by atoms with E-state index in [9.17, 15) is 18.4 Å². The molecule has 1 aliphatic rings. The van der Waals surface area contributed by atoms with Crippen molar-refractivity contribution in [1.29, 1.82) is 0 Å². The van der Waals surface area contributed by atoms with Crippen LogP contribution in [0.4, 0.5) is 20.2 Å². The number of halogens is 2. The highest BCUT2D eigenvalue weighted by Crippen LogP contribution is 2.30. The van der Waals surface area contributed by atoms with Gasteiger partial charge in [0, 0.05) is 5.69 Å². The lowest BCUT2D eigenvalue weighted by Crippen LogP contribution is -2.25. The topological polar surface area (TPSA) is 67.4 Å². The van der Waals surface area contributed by atoms with Gasteiger partial charge in [0.05, 0.1) is 11.3 Å². The number of carbonyl (C=O) groups is 2. The first-order valence-corrected chi connectivity index (χ1v) is 6.36. The third kappa shape index (κ3) is 2.73. The van der Waals surface area contributed by atoms with Crippen molar-refractivity contribution in [2.75, 3.05) is 17.2 Å². The number of nitrogens with one attached hydrogen (secondary N) is 2. The molecule has 22 heavy (non-hydrogen) atoms. The Hall–Kier alpha value is -2.96. The first-order valence-electron chi connectivity index (χ1n) is 6.36. The molecule has 2 aromatic carbocycles. The quantitative estimate of drug-likeness (QED) is 0.896. The van der Waals surface area contributed by atoms with Crippen LogP contribution in [0.5, 0.6) is 5.75 Å². The lowest BCUT2D eigenvalue weighted by atomic mass is 10.1. The number of amides is 2. The third-order valence-electron chi connectivity index (χ3n) is 3.04. The Morgan fingerprint density at radius 2 is 2.00 bits per heavy atom. The Morgan fingerprint density at radius 3 is 2.82 bits per heavy atom. The fourth-order valence-electron chi connectivity index (χ4n) is 2.03. The van der Waals surface area contributed by atoms with Crippen LogP contribution in [0.3, 0.4) is 0 Å². The number of ether oxygens (including phenoxy) is 1. The summed E-state index contributed by atoms with van der Waals surface area (Å²) in [5, 5.41) is 5.02. The van der Waals surface area contributed by atoms with Crippen molar-refractivity contribution in [2.24, 2.45) is 0 Å². The summed E-state index contributed by atoms with van der Waals surface area (Å²) in [4.78, 5) is 23.2. The van der Waals surface area contributed by atoms with E-state index in [0.29, 0.717) is 17.1 Å². The molecular weight excluding hydrogens is 294 g/mol. The van der Waals surface area contributed by atoms with Gasteiger partial charge in [-0.05, 0) is 36.4 Å². The zero-order valence-electron chi connectivity index (χ0n) is 11.2. The number of anilines is 2. The number of hydrogen-bond donors (Lipinski definition) is 2. The van der Waals surface area contributed by atoms with E-state index in [1.807, 2.05) is 0 Å². The van der Waals surface area contributed by atoms with Gasteiger partial charge in [0.25, 0.3) is 11.8 Å². The van der Waals surface area contributed by atoms with E-state index in [1.165, 1.54) is 12.1 Å². The van der Waals surface area contributed by atoms with Crippen molar-refractivity contribution in [3.05, 3.63) is 53.6 Å². The van der Waals surface area contributed by atoms with Gasteiger partial charge in [0.1, 0.15) is 17.4 Å². The molecule has 2 amide bonds. The minimum atomic E-state index is -0.825. The molecule has 2 aromatic rings. The van der Waals surface area contributed by atoms with Gasteiger partial charge in [-0.1, -0.05) is 0 Å². The van der Waals surface area contributed by atoms with Crippen molar-refractivity contribution in [1.82, 2.24) is 0 Å². The van der Waals surface area contributed by atoms with Crippen LogP contribution in [0.2, 0.25) is 0 Å². The summed E-state index contributed by atoms with van der Waals surface area (Å²) < 4.78 is 31.8. The van der Waals surface area contributed by atoms with E-state index in [4.69, 9.17) is 4.74 Å². The molecule has 7 heteroatoms. The molecule has 0 unspecified atom stereocenters. The zero-order valence-corrected chi connectivity index (χ0v) is 11.2. The number of benzene rings is 2. The highest BCUT2D eigenvalue weighted by molar-refractivity contribution is 6.05. The van der Waals surface area contributed by atoms with E-state index in [-0.39, 0.29) is 12.5 Å². The first kappa shape index (κ1) is 14.0. The Morgan fingerprint density at radius 1 is 1.18 bits per heavy atom. The molecule has 0 aliphatic carbocycles. The second-order valence-corrected chi connectivity index (χ2v) is 4.63. The highest BCUT2D eigenvalue weighted by atomic mass is 19.1. The van der Waals surface area contributed by atoms with E-state index >= 15 is 0 Å². The fraction of sp³-hybridized carbons (Fsp3) is 0.0667. The van der Waals surface area contributed by atoms with Crippen molar-refractivity contribution in [3.8, 4) is 5.75 Å². The molecule has 0 saturated carbocycles. The minimum Gasteiger partial charge on any atom is -0.482 e. The summed E-state index contributed by atoms with van der Waals surface area (Å²) in [6.45, 7) is -0.0762. The zero-order chi connectivity index (χ0) is 15.7. The van der Waals surface area contributed by atoms with Crippen LogP contribution in [0.15, 0.2) is 36.4 Å². The van der Waals surface area contributed by atoms with Crippen LogP contribution in [-0.4, -0.2) is 18.4 Å². The Labute approximate surface area is 123 Å². The predicted molar refractivity (Wildman–Crippen MR) is 74.9 cm³/mol. The van der Waals surface area contributed by atoms with E-state index in [1.54, 1.807) is 6.07 Å². The van der Waals surface area contributed by atoms with Crippen LogP contribution in [0, 0.1) is 11.6 Å². The fourth-order valence-corrected chi connectivity index (χ4v) is 2.03. The van der Waals surface area contributed by atoms with Gasteiger partial charge in [0.2, 0.25) is 0 Å². The van der Waals surface area contributed by atoms with Crippen LogP contribution >= 0.6 is 0 Å². The second-order valence-electron chi connectivity index (χ2n) is 4.63. The molecule has 1 aliphatic heterocycles. The number of rotatable bonds is 2. The minimum absolute atomic E-state index is 0.0762. The van der Waals surface area contributed by atoms with E-state index in [0.717, 1.165) is 18.2 Å². The average molecular weight is 304 g/mol. The highest BCUT2D eigenvalue weighted by Gasteiger charge is 2.18. The van der Waals surface area contributed by atoms with Gasteiger partial charge in [0.15, 0.2) is 6.61 Å². The number of hydrogen-bond acceptors (Lipinski definition) is 3. The van der Waals surface area contributed by atoms with Crippen molar-refractivity contribution in [3.63, 3.8) is 0 Å². The van der Waals surface area contributed by atoms with Gasteiger partial charge >= 0.3 is 0 Å². The smallest absolute Gasteiger partial charge is 0.262 e. The Bertz CT molecular complexity index is 777. The van der Waals surface area contributed by atoms with Crippen LogP contribution in [-0.2, 0) is 4.79 Å². The third-order valence-corrected chi connectivity index (χ3v) is 3.04. The standard InChI is InChI=1S/C15H10F2N2O3/c16-8-1-3-11(17)10(5-8)15(21)18-9-2-4-13-12(6-9)19-14(20)7-22-13/h1-6H,7H2,(H,18,21)(H,19,20). The summed E-state index contributed by atoms with van der Waals surface area (Å²) in [6.07, 6.45) is 0. The van der Waals surface area contributed by atoms with Gasteiger partial charge in [-0.25, -0.2) is 8.78 Å². The summed E-state index contributed by atoms with van der Waals surface area (Å²) >= 11 is 0. The molecule has 112 valence electrons. The maximum Gasteiger partial charge on any atom is 0.262 e.